The van der Waals surface area contributed by atoms with Gasteiger partial charge in [-0.2, -0.15) is 0 Å². The Morgan fingerprint density at radius 3 is 2.57 bits per heavy atom. The van der Waals surface area contributed by atoms with Crippen LogP contribution in [0.1, 0.15) is 26.3 Å². The zero-order valence-corrected chi connectivity index (χ0v) is 17.1. The van der Waals surface area contributed by atoms with Crippen LogP contribution in [0.25, 0.3) is 6.08 Å². The molecule has 0 aliphatic carbocycles. The van der Waals surface area contributed by atoms with Gasteiger partial charge in [-0.05, 0) is 36.6 Å². The van der Waals surface area contributed by atoms with E-state index in [0.717, 1.165) is 6.08 Å². The number of halogens is 1. The van der Waals surface area contributed by atoms with E-state index in [4.69, 9.17) is 25.8 Å². The predicted octanol–water partition coefficient (Wildman–Crippen LogP) is 2.79. The number of benzene rings is 1. The van der Waals surface area contributed by atoms with E-state index in [9.17, 15) is 14.4 Å². The highest BCUT2D eigenvalue weighted by molar-refractivity contribution is 6.32. The van der Waals surface area contributed by atoms with Gasteiger partial charge in [0.2, 0.25) is 0 Å². The summed E-state index contributed by atoms with van der Waals surface area (Å²) >= 11 is 6.16. The largest absolute Gasteiger partial charge is 0.493 e. The molecule has 0 unspecified atom stereocenters. The number of esters is 1. The lowest BCUT2D eigenvalue weighted by Gasteiger charge is -2.11. The van der Waals surface area contributed by atoms with Gasteiger partial charge >= 0.3 is 12.0 Å². The third-order valence-electron chi connectivity index (χ3n) is 3.22. The highest BCUT2D eigenvalue weighted by Crippen LogP contribution is 2.36. The second kappa shape index (κ2) is 11.9. The van der Waals surface area contributed by atoms with Gasteiger partial charge in [-0.1, -0.05) is 25.4 Å². The van der Waals surface area contributed by atoms with E-state index in [2.05, 4.69) is 10.6 Å². The Balaban J connectivity index is 2.57. The third kappa shape index (κ3) is 8.30. The fourth-order valence-corrected chi connectivity index (χ4v) is 2.25. The van der Waals surface area contributed by atoms with Gasteiger partial charge in [-0.25, -0.2) is 9.59 Å². The molecule has 28 heavy (non-hydrogen) atoms. The van der Waals surface area contributed by atoms with Crippen molar-refractivity contribution in [1.82, 2.24) is 10.6 Å². The van der Waals surface area contributed by atoms with Crippen molar-refractivity contribution in [3.8, 4) is 11.5 Å². The lowest BCUT2D eigenvalue weighted by Crippen LogP contribution is -2.42. The van der Waals surface area contributed by atoms with Gasteiger partial charge < -0.3 is 19.5 Å². The number of rotatable bonds is 9. The molecular weight excluding hydrogens is 388 g/mol. The van der Waals surface area contributed by atoms with Crippen molar-refractivity contribution in [2.75, 3.05) is 26.9 Å². The summed E-state index contributed by atoms with van der Waals surface area (Å²) in [6.45, 7) is 5.94. The zero-order valence-electron chi connectivity index (χ0n) is 16.3. The Morgan fingerprint density at radius 2 is 1.96 bits per heavy atom. The summed E-state index contributed by atoms with van der Waals surface area (Å²) in [4.78, 5) is 34.8. The Hall–Kier alpha value is -2.74. The average Bonchev–Trinajstić information content (AvgIpc) is 2.64. The quantitative estimate of drug-likeness (QED) is 0.477. The number of nitrogens with one attached hydrogen (secondary N) is 2. The van der Waals surface area contributed by atoms with E-state index in [-0.39, 0.29) is 5.92 Å². The molecule has 2 N–H and O–H groups in total. The minimum atomic E-state index is -0.748. The topological polar surface area (TPSA) is 103 Å². The maximum Gasteiger partial charge on any atom is 0.331 e. The SMILES string of the molecule is CCOc1c(Cl)cc(/C=C/C(=O)OCC(=O)NC(=O)NCC(C)C)cc1OC. The van der Waals surface area contributed by atoms with Crippen LogP contribution in [0, 0.1) is 5.92 Å². The lowest BCUT2D eigenvalue weighted by atomic mass is 10.2. The number of methoxy groups -OCH3 is 1. The lowest BCUT2D eigenvalue weighted by molar-refractivity contribution is -0.143. The fourth-order valence-electron chi connectivity index (χ4n) is 1.97. The first kappa shape index (κ1) is 23.3. The molecule has 0 aromatic heterocycles. The number of ether oxygens (including phenoxy) is 3. The summed E-state index contributed by atoms with van der Waals surface area (Å²) in [5.41, 5.74) is 0.583. The second-order valence-electron chi connectivity index (χ2n) is 6.06. The summed E-state index contributed by atoms with van der Waals surface area (Å²) in [7, 11) is 1.48. The smallest absolute Gasteiger partial charge is 0.331 e. The van der Waals surface area contributed by atoms with Crippen molar-refractivity contribution in [3.05, 3.63) is 28.8 Å². The van der Waals surface area contributed by atoms with Crippen LogP contribution in [0.2, 0.25) is 5.02 Å². The van der Waals surface area contributed by atoms with Crippen molar-refractivity contribution in [1.29, 1.82) is 0 Å². The summed E-state index contributed by atoms with van der Waals surface area (Å²) in [5.74, 6) is -0.387. The first-order valence-electron chi connectivity index (χ1n) is 8.69. The monoisotopic (exact) mass is 412 g/mol. The standard InChI is InChI=1S/C19H25ClN2O6/c1-5-27-18-14(20)8-13(9-15(18)26-4)6-7-17(24)28-11-16(23)22-19(25)21-10-12(2)3/h6-9,12H,5,10-11H2,1-4H3,(H2,21,22,23,25)/b7-6+. The average molecular weight is 413 g/mol. The highest BCUT2D eigenvalue weighted by Gasteiger charge is 2.12. The number of hydrogen-bond donors (Lipinski definition) is 2. The fraction of sp³-hybridized carbons (Fsp3) is 0.421. The van der Waals surface area contributed by atoms with Crippen LogP contribution in [-0.2, 0) is 14.3 Å². The van der Waals surface area contributed by atoms with Crippen molar-refractivity contribution in [2.45, 2.75) is 20.8 Å². The number of urea groups is 1. The Labute approximate surface area is 169 Å². The predicted molar refractivity (Wildman–Crippen MR) is 106 cm³/mol. The maximum atomic E-state index is 11.8. The van der Waals surface area contributed by atoms with E-state index in [1.165, 1.54) is 13.2 Å². The molecule has 0 saturated heterocycles. The van der Waals surface area contributed by atoms with E-state index < -0.39 is 24.5 Å². The van der Waals surface area contributed by atoms with E-state index in [1.54, 1.807) is 12.1 Å². The molecule has 8 nitrogen and oxygen atoms in total. The molecule has 0 bridgehead atoms. The first-order valence-corrected chi connectivity index (χ1v) is 9.07. The maximum absolute atomic E-state index is 11.8. The second-order valence-corrected chi connectivity index (χ2v) is 6.47. The summed E-state index contributed by atoms with van der Waals surface area (Å²) in [6, 6.07) is 2.61. The van der Waals surface area contributed by atoms with Crippen molar-refractivity contribution in [2.24, 2.45) is 5.92 Å². The molecule has 0 aliphatic rings. The van der Waals surface area contributed by atoms with Gasteiger partial charge in [0.25, 0.3) is 5.91 Å². The van der Waals surface area contributed by atoms with Gasteiger partial charge in [-0.15, -0.1) is 0 Å². The van der Waals surface area contributed by atoms with Gasteiger partial charge in [0.1, 0.15) is 0 Å². The number of carbonyl (C=O) groups excluding carboxylic acids is 3. The molecule has 0 atom stereocenters. The molecule has 0 heterocycles. The van der Waals surface area contributed by atoms with Crippen LogP contribution in [0.15, 0.2) is 18.2 Å². The highest BCUT2D eigenvalue weighted by atomic mass is 35.5. The Morgan fingerprint density at radius 1 is 1.25 bits per heavy atom. The molecule has 0 radical (unpaired) electrons. The summed E-state index contributed by atoms with van der Waals surface area (Å²) in [5, 5.41) is 4.92. The van der Waals surface area contributed by atoms with Crippen molar-refractivity contribution >= 4 is 35.6 Å². The van der Waals surface area contributed by atoms with Crippen LogP contribution < -0.4 is 20.1 Å². The van der Waals surface area contributed by atoms with Crippen molar-refractivity contribution < 1.29 is 28.6 Å². The molecule has 0 spiro atoms. The minimum absolute atomic E-state index is 0.249. The van der Waals surface area contributed by atoms with E-state index in [1.807, 2.05) is 20.8 Å². The van der Waals surface area contributed by atoms with Crippen LogP contribution in [0.5, 0.6) is 11.5 Å². The molecule has 0 saturated carbocycles. The molecule has 0 aliphatic heterocycles. The molecule has 1 aromatic carbocycles. The first-order chi connectivity index (χ1) is 13.3. The van der Waals surface area contributed by atoms with Crippen molar-refractivity contribution in [3.63, 3.8) is 0 Å². The molecular formula is C19H25ClN2O6. The summed E-state index contributed by atoms with van der Waals surface area (Å²) < 4.78 is 15.4. The number of amides is 3. The van der Waals surface area contributed by atoms with Gasteiger partial charge in [0.05, 0.1) is 18.7 Å². The Kier molecular flexibility index (Phi) is 9.87. The normalized spacial score (nSPS) is 10.6. The van der Waals surface area contributed by atoms with Crippen LogP contribution in [-0.4, -0.2) is 44.8 Å². The van der Waals surface area contributed by atoms with Crippen LogP contribution in [0.3, 0.4) is 0 Å². The van der Waals surface area contributed by atoms with Gasteiger partial charge in [0.15, 0.2) is 18.1 Å². The number of hydrogen-bond acceptors (Lipinski definition) is 6. The summed E-state index contributed by atoms with van der Waals surface area (Å²) in [6.07, 6.45) is 2.59. The number of imide groups is 1. The third-order valence-corrected chi connectivity index (χ3v) is 3.50. The van der Waals surface area contributed by atoms with Crippen LogP contribution in [0.4, 0.5) is 4.79 Å². The Bertz CT molecular complexity index is 733. The molecule has 1 aromatic rings. The van der Waals surface area contributed by atoms with Crippen LogP contribution >= 0.6 is 11.6 Å². The van der Waals surface area contributed by atoms with Gasteiger partial charge in [-0.3, -0.25) is 10.1 Å². The van der Waals surface area contributed by atoms with Gasteiger partial charge in [0, 0.05) is 12.6 Å². The molecule has 1 rings (SSSR count). The zero-order chi connectivity index (χ0) is 21.1. The molecule has 154 valence electrons. The van der Waals surface area contributed by atoms with E-state index >= 15 is 0 Å². The molecule has 0 fully saturated rings. The van der Waals surface area contributed by atoms with E-state index in [0.29, 0.717) is 35.2 Å². The number of carbonyl (C=O) groups is 3. The molecule has 9 heteroatoms. The molecule has 3 amide bonds. The minimum Gasteiger partial charge on any atom is -0.493 e.